The number of rotatable bonds is 6. The summed E-state index contributed by atoms with van der Waals surface area (Å²) in [5.74, 6) is 0.395. The number of amides is 1. The first-order valence-corrected chi connectivity index (χ1v) is 9.75. The predicted octanol–water partition coefficient (Wildman–Crippen LogP) is 4.79. The van der Waals surface area contributed by atoms with Gasteiger partial charge in [-0.1, -0.05) is 24.3 Å². The van der Waals surface area contributed by atoms with Crippen LogP contribution in [0.15, 0.2) is 48.5 Å². The van der Waals surface area contributed by atoms with E-state index >= 15 is 0 Å². The molecule has 1 N–H and O–H groups in total. The van der Waals surface area contributed by atoms with Crippen molar-refractivity contribution in [1.82, 2.24) is 4.90 Å². The minimum Gasteiger partial charge on any atom is -0.497 e. The van der Waals surface area contributed by atoms with E-state index in [-0.39, 0.29) is 18.3 Å². The Hall–Kier alpha value is -2.60. The van der Waals surface area contributed by atoms with Gasteiger partial charge in [0.05, 0.1) is 18.8 Å². The molecule has 3 rings (SSSR count). The third-order valence-corrected chi connectivity index (χ3v) is 5.43. The van der Waals surface area contributed by atoms with Gasteiger partial charge < -0.3 is 19.5 Å². The van der Waals surface area contributed by atoms with E-state index in [2.05, 4.69) is 0 Å². The van der Waals surface area contributed by atoms with Gasteiger partial charge in [-0.3, -0.25) is 0 Å². The van der Waals surface area contributed by atoms with Crippen LogP contribution in [0.25, 0.3) is 0 Å². The summed E-state index contributed by atoms with van der Waals surface area (Å²) in [5, 5.41) is 10.4. The molecule has 1 heterocycles. The second-order valence-electron chi connectivity index (χ2n) is 8.25. The Labute approximate surface area is 171 Å². The number of halogens is 1. The van der Waals surface area contributed by atoms with E-state index in [0.717, 1.165) is 11.3 Å². The van der Waals surface area contributed by atoms with Gasteiger partial charge in [0.25, 0.3) is 0 Å². The van der Waals surface area contributed by atoms with Crippen LogP contribution in [0.3, 0.4) is 0 Å². The highest BCUT2D eigenvalue weighted by atomic mass is 19.1. The summed E-state index contributed by atoms with van der Waals surface area (Å²) in [7, 11) is 1.61. The predicted molar refractivity (Wildman–Crippen MR) is 108 cm³/mol. The van der Waals surface area contributed by atoms with E-state index in [9.17, 15) is 14.3 Å². The Morgan fingerprint density at radius 1 is 1.21 bits per heavy atom. The van der Waals surface area contributed by atoms with Crippen LogP contribution >= 0.6 is 0 Å². The van der Waals surface area contributed by atoms with Crippen molar-refractivity contribution < 1.29 is 23.8 Å². The molecule has 1 amide bonds. The highest BCUT2D eigenvalue weighted by Crippen LogP contribution is 2.42. The summed E-state index contributed by atoms with van der Waals surface area (Å²) < 4.78 is 24.6. The van der Waals surface area contributed by atoms with Gasteiger partial charge in [-0.05, 0) is 56.2 Å². The lowest BCUT2D eigenvalue weighted by Gasteiger charge is -2.45. The number of carbonyl (C=O) groups is 1. The molecule has 0 aliphatic carbocycles. The van der Waals surface area contributed by atoms with Crippen LogP contribution < -0.4 is 4.74 Å². The fourth-order valence-electron chi connectivity index (χ4n) is 3.97. The highest BCUT2D eigenvalue weighted by molar-refractivity contribution is 5.70. The summed E-state index contributed by atoms with van der Waals surface area (Å²) in [6.07, 6.45) is 0.268. The van der Waals surface area contributed by atoms with Gasteiger partial charge in [-0.15, -0.1) is 0 Å². The first-order valence-electron chi connectivity index (χ1n) is 9.75. The molecule has 1 saturated heterocycles. The Bertz CT molecular complexity index is 845. The average Bonchev–Trinajstić information content (AvgIpc) is 2.67. The van der Waals surface area contributed by atoms with Crippen LogP contribution in [-0.4, -0.2) is 35.4 Å². The number of benzene rings is 2. The second-order valence-corrected chi connectivity index (χ2v) is 8.25. The SMILES string of the molecule is COc1ccc([C@H](C)N2CC[C@](CC(C)(C)O)(c3ccc(F)cc3)OC2=O)cc1. The molecule has 1 aliphatic rings. The Balaban J connectivity index is 1.85. The normalized spacial score (nSPS) is 20.9. The Morgan fingerprint density at radius 3 is 2.34 bits per heavy atom. The van der Waals surface area contributed by atoms with E-state index < -0.39 is 17.3 Å². The van der Waals surface area contributed by atoms with Gasteiger partial charge in [-0.25, -0.2) is 9.18 Å². The number of hydrogen-bond donors (Lipinski definition) is 1. The molecule has 2 atom stereocenters. The molecule has 0 saturated carbocycles. The molecule has 0 bridgehead atoms. The smallest absolute Gasteiger partial charge is 0.411 e. The lowest BCUT2D eigenvalue weighted by Crippen LogP contribution is -2.51. The van der Waals surface area contributed by atoms with Crippen LogP contribution in [0.5, 0.6) is 5.75 Å². The van der Waals surface area contributed by atoms with Crippen molar-refractivity contribution in [3.05, 3.63) is 65.5 Å². The van der Waals surface area contributed by atoms with Crippen molar-refractivity contribution in [1.29, 1.82) is 0 Å². The van der Waals surface area contributed by atoms with E-state index in [4.69, 9.17) is 9.47 Å². The molecular formula is C23H28FNO4. The molecular weight excluding hydrogens is 373 g/mol. The van der Waals surface area contributed by atoms with E-state index in [1.165, 1.54) is 12.1 Å². The van der Waals surface area contributed by atoms with Crippen molar-refractivity contribution in [2.45, 2.75) is 50.9 Å². The van der Waals surface area contributed by atoms with Crippen molar-refractivity contribution >= 4 is 6.09 Å². The number of methoxy groups -OCH3 is 1. The van der Waals surface area contributed by atoms with Crippen molar-refractivity contribution in [2.24, 2.45) is 0 Å². The monoisotopic (exact) mass is 401 g/mol. The second kappa shape index (κ2) is 8.03. The van der Waals surface area contributed by atoms with Crippen molar-refractivity contribution in [2.75, 3.05) is 13.7 Å². The van der Waals surface area contributed by atoms with Gasteiger partial charge in [0.15, 0.2) is 0 Å². The molecule has 156 valence electrons. The quantitative estimate of drug-likeness (QED) is 0.756. The van der Waals surface area contributed by atoms with Gasteiger partial charge in [0.2, 0.25) is 0 Å². The lowest BCUT2D eigenvalue weighted by molar-refractivity contribution is -0.101. The maximum absolute atomic E-state index is 13.4. The van der Waals surface area contributed by atoms with Crippen molar-refractivity contribution in [3.8, 4) is 5.75 Å². The zero-order chi connectivity index (χ0) is 21.2. The largest absolute Gasteiger partial charge is 0.497 e. The summed E-state index contributed by atoms with van der Waals surface area (Å²) in [6, 6.07) is 13.3. The van der Waals surface area contributed by atoms with Crippen LogP contribution in [0.1, 0.15) is 50.8 Å². The number of hydrogen-bond acceptors (Lipinski definition) is 4. The fraction of sp³-hybridized carbons (Fsp3) is 0.435. The summed E-state index contributed by atoms with van der Waals surface area (Å²) >= 11 is 0. The maximum atomic E-state index is 13.4. The summed E-state index contributed by atoms with van der Waals surface area (Å²) in [6.45, 7) is 5.76. The molecule has 2 aromatic rings. The standard InChI is InChI=1S/C23H28FNO4/c1-16(17-5-11-20(28-4)12-6-17)25-14-13-23(29-21(25)26,15-22(2,3)27)18-7-9-19(24)10-8-18/h5-12,16,27H,13-15H2,1-4H3/t16-,23-/m0/s1. The zero-order valence-corrected chi connectivity index (χ0v) is 17.3. The third kappa shape index (κ3) is 4.70. The van der Waals surface area contributed by atoms with Crippen LogP contribution in [0.2, 0.25) is 0 Å². The minimum absolute atomic E-state index is 0.179. The Kier molecular flexibility index (Phi) is 5.85. The van der Waals surface area contributed by atoms with Crippen LogP contribution in [-0.2, 0) is 10.3 Å². The van der Waals surface area contributed by atoms with Gasteiger partial charge >= 0.3 is 6.09 Å². The van der Waals surface area contributed by atoms with Gasteiger partial charge in [-0.2, -0.15) is 0 Å². The van der Waals surface area contributed by atoms with Crippen LogP contribution in [0.4, 0.5) is 9.18 Å². The number of carbonyl (C=O) groups excluding carboxylic acids is 1. The molecule has 0 radical (unpaired) electrons. The van der Waals surface area contributed by atoms with E-state index in [1.807, 2.05) is 31.2 Å². The number of nitrogens with zero attached hydrogens (tertiary/aromatic N) is 1. The van der Waals surface area contributed by atoms with E-state index in [1.54, 1.807) is 38.0 Å². The molecule has 0 aromatic heterocycles. The molecule has 0 unspecified atom stereocenters. The molecule has 6 heteroatoms. The fourth-order valence-corrected chi connectivity index (χ4v) is 3.97. The Morgan fingerprint density at radius 2 is 1.83 bits per heavy atom. The van der Waals surface area contributed by atoms with Crippen molar-refractivity contribution in [3.63, 3.8) is 0 Å². The zero-order valence-electron chi connectivity index (χ0n) is 17.3. The van der Waals surface area contributed by atoms with Gasteiger partial charge in [0, 0.05) is 19.4 Å². The first-order chi connectivity index (χ1) is 13.6. The van der Waals surface area contributed by atoms with Crippen LogP contribution in [0, 0.1) is 5.82 Å². The lowest BCUT2D eigenvalue weighted by atomic mass is 9.80. The summed E-state index contributed by atoms with van der Waals surface area (Å²) in [4.78, 5) is 14.7. The number of cyclic esters (lactones) is 1. The molecule has 5 nitrogen and oxygen atoms in total. The summed E-state index contributed by atoms with van der Waals surface area (Å²) in [5.41, 5.74) is -0.400. The first kappa shape index (κ1) is 21.1. The molecule has 1 aliphatic heterocycles. The van der Waals surface area contributed by atoms with Gasteiger partial charge in [0.1, 0.15) is 17.2 Å². The molecule has 1 fully saturated rings. The van der Waals surface area contributed by atoms with E-state index in [0.29, 0.717) is 18.5 Å². The maximum Gasteiger partial charge on any atom is 0.411 e. The number of ether oxygens (including phenoxy) is 2. The number of aliphatic hydroxyl groups is 1. The topological polar surface area (TPSA) is 59.0 Å². The average molecular weight is 401 g/mol. The molecule has 0 spiro atoms. The molecule has 29 heavy (non-hydrogen) atoms. The third-order valence-electron chi connectivity index (χ3n) is 5.43. The highest BCUT2D eigenvalue weighted by Gasteiger charge is 2.46. The minimum atomic E-state index is -1.06. The molecule has 2 aromatic carbocycles.